The van der Waals surface area contributed by atoms with Crippen molar-refractivity contribution in [2.24, 2.45) is 0 Å². The van der Waals surface area contributed by atoms with Gasteiger partial charge in [-0.3, -0.25) is 9.59 Å². The first-order chi connectivity index (χ1) is 18.7. The van der Waals surface area contributed by atoms with Gasteiger partial charge >= 0.3 is 5.97 Å². The lowest BCUT2D eigenvalue weighted by molar-refractivity contribution is -0.110. The number of ether oxygens (including phenoxy) is 1. The number of piperazine rings is 1. The molecule has 0 radical (unpaired) electrons. The van der Waals surface area contributed by atoms with Crippen LogP contribution in [-0.2, 0) is 15.3 Å². The van der Waals surface area contributed by atoms with Gasteiger partial charge in [-0.2, -0.15) is 0 Å². The number of nitrogens with zero attached hydrogens (tertiary/aromatic N) is 2. The van der Waals surface area contributed by atoms with E-state index >= 15 is 0 Å². The molecule has 2 aliphatic rings. The van der Waals surface area contributed by atoms with Gasteiger partial charge in [0.1, 0.15) is 0 Å². The largest absolute Gasteiger partial charge is 0.465 e. The molecular formula is C30H32N4O4S. The van der Waals surface area contributed by atoms with E-state index in [9.17, 15) is 14.4 Å². The average molecular weight is 545 g/mol. The van der Waals surface area contributed by atoms with Crippen LogP contribution in [0.15, 0.2) is 47.4 Å². The molecule has 1 saturated heterocycles. The fourth-order valence-corrected chi connectivity index (χ4v) is 5.90. The van der Waals surface area contributed by atoms with Crippen molar-refractivity contribution in [3.8, 4) is 0 Å². The van der Waals surface area contributed by atoms with Crippen molar-refractivity contribution in [2.45, 2.75) is 24.5 Å². The lowest BCUT2D eigenvalue weighted by Gasteiger charge is -2.32. The van der Waals surface area contributed by atoms with Gasteiger partial charge in [0.2, 0.25) is 0 Å². The SMILES string of the molecule is COC(=O)c1cccc(CSc2ccc3c(c2)/C(=C/c2[nH]c(C)c(C(=O)N4CCN(C)CC4)c2C)C(=O)N3)c1. The van der Waals surface area contributed by atoms with Crippen LogP contribution in [0.4, 0.5) is 5.69 Å². The Hall–Kier alpha value is -3.82. The number of amides is 2. The highest BCUT2D eigenvalue weighted by Gasteiger charge is 2.28. The number of rotatable bonds is 6. The molecule has 0 saturated carbocycles. The summed E-state index contributed by atoms with van der Waals surface area (Å²) in [5.41, 5.74) is 6.77. The Bertz CT molecular complexity index is 1480. The van der Waals surface area contributed by atoms with Crippen LogP contribution in [-0.4, -0.2) is 72.9 Å². The quantitative estimate of drug-likeness (QED) is 0.268. The number of hydrogen-bond donors (Lipinski definition) is 2. The number of thioether (sulfide) groups is 1. The molecule has 0 aliphatic carbocycles. The van der Waals surface area contributed by atoms with Crippen LogP contribution >= 0.6 is 11.8 Å². The molecule has 2 aromatic carbocycles. The normalized spacial score (nSPS) is 16.4. The Morgan fingerprint density at radius 1 is 1.08 bits per heavy atom. The van der Waals surface area contributed by atoms with Gasteiger partial charge in [0.25, 0.3) is 11.8 Å². The van der Waals surface area contributed by atoms with Gasteiger partial charge in [-0.15, -0.1) is 11.8 Å². The number of carbonyl (C=O) groups is 3. The zero-order chi connectivity index (χ0) is 27.7. The highest BCUT2D eigenvalue weighted by molar-refractivity contribution is 7.98. The maximum Gasteiger partial charge on any atom is 0.337 e. The molecular weight excluding hydrogens is 512 g/mol. The molecule has 1 aromatic heterocycles. The van der Waals surface area contributed by atoms with Crippen molar-refractivity contribution < 1.29 is 19.1 Å². The molecule has 2 N–H and O–H groups in total. The third-order valence-corrected chi connectivity index (χ3v) is 8.36. The number of benzene rings is 2. The van der Waals surface area contributed by atoms with E-state index in [0.717, 1.165) is 51.8 Å². The molecule has 0 bridgehead atoms. The van der Waals surface area contributed by atoms with E-state index < -0.39 is 0 Å². The second-order valence-electron chi connectivity index (χ2n) is 9.96. The number of hydrogen-bond acceptors (Lipinski definition) is 6. The molecule has 0 unspecified atom stereocenters. The Labute approximate surface area is 232 Å². The molecule has 2 amide bonds. The smallest absolute Gasteiger partial charge is 0.337 e. The van der Waals surface area contributed by atoms with Crippen molar-refractivity contribution in [3.63, 3.8) is 0 Å². The van der Waals surface area contributed by atoms with E-state index in [1.807, 2.05) is 61.2 Å². The number of nitrogens with one attached hydrogen (secondary N) is 2. The molecule has 8 nitrogen and oxygen atoms in total. The van der Waals surface area contributed by atoms with Crippen molar-refractivity contribution in [1.82, 2.24) is 14.8 Å². The van der Waals surface area contributed by atoms with Gasteiger partial charge in [-0.05, 0) is 68.4 Å². The lowest BCUT2D eigenvalue weighted by Crippen LogP contribution is -2.47. The van der Waals surface area contributed by atoms with Gasteiger partial charge in [0, 0.05) is 59.5 Å². The van der Waals surface area contributed by atoms with Crippen LogP contribution in [0.25, 0.3) is 11.6 Å². The van der Waals surface area contributed by atoms with Crippen molar-refractivity contribution in [2.75, 3.05) is 45.7 Å². The number of methoxy groups -OCH3 is 1. The Balaban J connectivity index is 1.38. The zero-order valence-electron chi connectivity index (χ0n) is 22.6. The van der Waals surface area contributed by atoms with Crippen LogP contribution in [0, 0.1) is 13.8 Å². The topological polar surface area (TPSA) is 94.7 Å². The minimum Gasteiger partial charge on any atom is -0.465 e. The number of likely N-dealkylation sites (N-methyl/N-ethyl adjacent to an activating group) is 1. The fraction of sp³-hybridized carbons (Fsp3) is 0.300. The zero-order valence-corrected chi connectivity index (χ0v) is 23.4. The number of aromatic nitrogens is 1. The molecule has 1 fully saturated rings. The summed E-state index contributed by atoms with van der Waals surface area (Å²) >= 11 is 1.63. The van der Waals surface area contributed by atoms with Gasteiger partial charge in [0.05, 0.1) is 23.8 Å². The van der Waals surface area contributed by atoms with Crippen LogP contribution in [0.3, 0.4) is 0 Å². The summed E-state index contributed by atoms with van der Waals surface area (Å²) in [6, 6.07) is 13.3. The highest BCUT2D eigenvalue weighted by Crippen LogP contribution is 2.37. The lowest BCUT2D eigenvalue weighted by atomic mass is 10.0. The summed E-state index contributed by atoms with van der Waals surface area (Å²) in [4.78, 5) is 46.6. The number of esters is 1. The van der Waals surface area contributed by atoms with E-state index in [0.29, 0.717) is 35.5 Å². The summed E-state index contributed by atoms with van der Waals surface area (Å²) < 4.78 is 4.82. The predicted molar refractivity (Wildman–Crippen MR) is 154 cm³/mol. The fourth-order valence-electron chi connectivity index (χ4n) is 5.02. The Kier molecular flexibility index (Phi) is 7.63. The molecule has 5 rings (SSSR count). The minimum atomic E-state index is -0.359. The Morgan fingerprint density at radius 2 is 1.85 bits per heavy atom. The van der Waals surface area contributed by atoms with Crippen LogP contribution in [0.1, 0.15) is 48.8 Å². The number of anilines is 1. The van der Waals surface area contributed by atoms with Crippen LogP contribution in [0.5, 0.6) is 0 Å². The van der Waals surface area contributed by atoms with Crippen LogP contribution in [0.2, 0.25) is 0 Å². The van der Waals surface area contributed by atoms with Crippen molar-refractivity contribution >= 4 is 46.9 Å². The van der Waals surface area contributed by atoms with E-state index in [-0.39, 0.29) is 17.8 Å². The maximum atomic E-state index is 13.3. The molecule has 3 aromatic rings. The van der Waals surface area contributed by atoms with Crippen LogP contribution < -0.4 is 5.32 Å². The van der Waals surface area contributed by atoms with E-state index in [2.05, 4.69) is 22.2 Å². The second kappa shape index (κ2) is 11.1. The standard InChI is InChI=1S/C30H32N4O4S/c1-18-26(31-19(2)27(18)29(36)34-12-10-33(3)11-13-34)16-24-23-15-22(8-9-25(23)32-28(24)35)39-17-20-6-5-7-21(14-20)30(37)38-4/h5-9,14-16,31H,10-13,17H2,1-4H3,(H,32,35)/b24-16-. The number of fused-ring (bicyclic) bond motifs is 1. The van der Waals surface area contributed by atoms with Gasteiger partial charge < -0.3 is 24.8 Å². The first-order valence-electron chi connectivity index (χ1n) is 12.9. The molecule has 39 heavy (non-hydrogen) atoms. The summed E-state index contributed by atoms with van der Waals surface area (Å²) in [6.45, 7) is 6.98. The first-order valence-corrected chi connectivity index (χ1v) is 13.9. The highest BCUT2D eigenvalue weighted by atomic mass is 32.2. The van der Waals surface area contributed by atoms with Crippen molar-refractivity contribution in [3.05, 3.63) is 81.7 Å². The van der Waals surface area contributed by atoms with E-state index in [1.54, 1.807) is 17.8 Å². The molecule has 0 spiro atoms. The molecule has 3 heterocycles. The second-order valence-corrected chi connectivity index (χ2v) is 11.0. The predicted octanol–water partition coefficient (Wildman–Crippen LogP) is 4.59. The summed E-state index contributed by atoms with van der Waals surface area (Å²) in [7, 11) is 3.44. The number of carbonyl (C=O) groups excluding carboxylic acids is 3. The molecule has 202 valence electrons. The molecule has 0 atom stereocenters. The van der Waals surface area contributed by atoms with Gasteiger partial charge in [-0.25, -0.2) is 4.79 Å². The summed E-state index contributed by atoms with van der Waals surface area (Å²) in [6.07, 6.45) is 1.85. The average Bonchev–Trinajstić information content (AvgIpc) is 3.40. The van der Waals surface area contributed by atoms with Gasteiger partial charge in [0.15, 0.2) is 0 Å². The molecule has 2 aliphatic heterocycles. The Morgan fingerprint density at radius 3 is 2.59 bits per heavy atom. The monoisotopic (exact) mass is 544 g/mol. The maximum absolute atomic E-state index is 13.3. The number of aromatic amines is 1. The number of H-pyrrole nitrogens is 1. The first kappa shape index (κ1) is 26.8. The van der Waals surface area contributed by atoms with Gasteiger partial charge in [-0.1, -0.05) is 12.1 Å². The molecule has 9 heteroatoms. The third kappa shape index (κ3) is 5.51. The summed E-state index contributed by atoms with van der Waals surface area (Å²) in [5, 5.41) is 2.95. The summed E-state index contributed by atoms with van der Waals surface area (Å²) in [5.74, 6) is 0.167. The number of aryl methyl sites for hydroxylation is 1. The third-order valence-electron chi connectivity index (χ3n) is 7.30. The van der Waals surface area contributed by atoms with E-state index in [4.69, 9.17) is 4.74 Å². The minimum absolute atomic E-state index is 0.0326. The van der Waals surface area contributed by atoms with Crippen molar-refractivity contribution in [1.29, 1.82) is 0 Å². The van der Waals surface area contributed by atoms with E-state index in [1.165, 1.54) is 7.11 Å².